The van der Waals surface area contributed by atoms with E-state index in [0.717, 1.165) is 23.7 Å². The molecule has 2 rings (SSSR count). The average molecular weight is 251 g/mol. The van der Waals surface area contributed by atoms with Crippen molar-refractivity contribution in [2.75, 3.05) is 13.6 Å². The summed E-state index contributed by atoms with van der Waals surface area (Å²) in [6.45, 7) is 13.4. The highest BCUT2D eigenvalue weighted by atomic mass is 14.9. The second kappa shape index (κ2) is 4.81. The maximum Gasteiger partial charge on any atom is -0.00153 e. The largest absolute Gasteiger partial charge is 0.319 e. The first-order chi connectivity index (χ1) is 8.28. The van der Waals surface area contributed by atoms with Gasteiger partial charge in [0.05, 0.1) is 0 Å². The van der Waals surface area contributed by atoms with Crippen LogP contribution in [0.1, 0.15) is 60.3 Å². The van der Waals surface area contributed by atoms with Crippen LogP contribution in [0.4, 0.5) is 0 Å². The molecule has 1 N–H and O–H groups in total. The van der Waals surface area contributed by atoms with Crippen molar-refractivity contribution in [3.63, 3.8) is 0 Å². The normalized spacial score (nSPS) is 39.7. The van der Waals surface area contributed by atoms with Gasteiger partial charge in [-0.3, -0.25) is 0 Å². The number of hydrogen-bond acceptors (Lipinski definition) is 1. The molecule has 2 fully saturated rings. The van der Waals surface area contributed by atoms with E-state index in [1.54, 1.807) is 0 Å². The molecule has 0 amide bonds. The lowest BCUT2D eigenvalue weighted by molar-refractivity contribution is 0.135. The van der Waals surface area contributed by atoms with Crippen LogP contribution >= 0.6 is 0 Å². The average Bonchev–Trinajstić information content (AvgIpc) is 2.80. The lowest BCUT2D eigenvalue weighted by Gasteiger charge is -2.37. The van der Waals surface area contributed by atoms with E-state index in [1.807, 2.05) is 0 Å². The molecule has 2 aliphatic rings. The van der Waals surface area contributed by atoms with Crippen molar-refractivity contribution in [2.24, 2.45) is 34.5 Å². The first kappa shape index (κ1) is 14.4. The van der Waals surface area contributed by atoms with E-state index in [1.165, 1.54) is 32.2 Å². The Bertz CT molecular complexity index is 278. The fraction of sp³-hybridized carbons (Fsp3) is 1.00. The van der Waals surface area contributed by atoms with E-state index in [0.29, 0.717) is 10.8 Å². The molecule has 18 heavy (non-hydrogen) atoms. The molecule has 0 radical (unpaired) electrons. The summed E-state index contributed by atoms with van der Waals surface area (Å²) in [4.78, 5) is 0. The SMILES string of the molecule is CNCC1C(C2CCC(C(C)(C)C)CC2)C1(C)C. The maximum atomic E-state index is 3.39. The van der Waals surface area contributed by atoms with Gasteiger partial charge in [0.15, 0.2) is 0 Å². The molecule has 0 aromatic heterocycles. The predicted octanol–water partition coefficient (Wildman–Crippen LogP) is 4.33. The van der Waals surface area contributed by atoms with Gasteiger partial charge < -0.3 is 5.32 Å². The van der Waals surface area contributed by atoms with Crippen molar-refractivity contribution in [2.45, 2.75) is 60.3 Å². The molecule has 2 atom stereocenters. The molecule has 2 aliphatic carbocycles. The zero-order chi connectivity index (χ0) is 13.6. The molecule has 106 valence electrons. The van der Waals surface area contributed by atoms with Gasteiger partial charge in [0.1, 0.15) is 0 Å². The Morgan fingerprint density at radius 2 is 1.61 bits per heavy atom. The van der Waals surface area contributed by atoms with E-state index in [4.69, 9.17) is 0 Å². The molecule has 0 aromatic carbocycles. The van der Waals surface area contributed by atoms with Crippen LogP contribution in [0.25, 0.3) is 0 Å². The van der Waals surface area contributed by atoms with Gasteiger partial charge in [-0.1, -0.05) is 34.6 Å². The van der Waals surface area contributed by atoms with E-state index >= 15 is 0 Å². The molecule has 0 heterocycles. The molecule has 0 saturated heterocycles. The van der Waals surface area contributed by atoms with Crippen molar-refractivity contribution in [1.29, 1.82) is 0 Å². The summed E-state index contributed by atoms with van der Waals surface area (Å²) in [6.07, 6.45) is 5.90. The second-order valence-electron chi connectivity index (χ2n) is 8.49. The summed E-state index contributed by atoms with van der Waals surface area (Å²) in [5, 5.41) is 3.39. The van der Waals surface area contributed by atoms with Crippen LogP contribution in [0.15, 0.2) is 0 Å². The Morgan fingerprint density at radius 3 is 2.06 bits per heavy atom. The molecule has 1 nitrogen and oxygen atoms in total. The highest BCUT2D eigenvalue weighted by Gasteiger charge is 2.59. The van der Waals surface area contributed by atoms with E-state index in [9.17, 15) is 0 Å². The Hall–Kier alpha value is -0.0400. The summed E-state index contributed by atoms with van der Waals surface area (Å²) in [7, 11) is 2.10. The molecule has 1 heteroatoms. The smallest absolute Gasteiger partial charge is 0.00153 e. The van der Waals surface area contributed by atoms with Crippen molar-refractivity contribution < 1.29 is 0 Å². The van der Waals surface area contributed by atoms with Crippen LogP contribution in [0.5, 0.6) is 0 Å². The van der Waals surface area contributed by atoms with E-state index in [-0.39, 0.29) is 0 Å². The lowest BCUT2D eigenvalue weighted by Crippen LogP contribution is -2.27. The van der Waals surface area contributed by atoms with Crippen LogP contribution in [0.3, 0.4) is 0 Å². The third kappa shape index (κ3) is 2.61. The maximum absolute atomic E-state index is 3.39. The lowest BCUT2D eigenvalue weighted by atomic mass is 9.68. The van der Waals surface area contributed by atoms with Gasteiger partial charge in [-0.15, -0.1) is 0 Å². The molecule has 0 aromatic rings. The quantitative estimate of drug-likeness (QED) is 0.787. The third-order valence-corrected chi connectivity index (χ3v) is 6.07. The third-order valence-electron chi connectivity index (χ3n) is 6.07. The first-order valence-corrected chi connectivity index (χ1v) is 7.93. The summed E-state index contributed by atoms with van der Waals surface area (Å²) in [6, 6.07) is 0. The first-order valence-electron chi connectivity index (χ1n) is 7.93. The van der Waals surface area contributed by atoms with Gasteiger partial charge in [0.25, 0.3) is 0 Å². The molecular formula is C17H33N. The van der Waals surface area contributed by atoms with Gasteiger partial charge in [-0.2, -0.15) is 0 Å². The highest BCUT2D eigenvalue weighted by Crippen LogP contribution is 2.64. The minimum absolute atomic E-state index is 0.522. The van der Waals surface area contributed by atoms with Gasteiger partial charge in [-0.25, -0.2) is 0 Å². The monoisotopic (exact) mass is 251 g/mol. The number of hydrogen-bond donors (Lipinski definition) is 1. The van der Waals surface area contributed by atoms with Gasteiger partial charge in [0.2, 0.25) is 0 Å². The zero-order valence-electron chi connectivity index (χ0n) is 13.3. The summed E-state index contributed by atoms with van der Waals surface area (Å²) >= 11 is 0. The molecule has 0 aliphatic heterocycles. The molecular weight excluding hydrogens is 218 g/mol. The van der Waals surface area contributed by atoms with Crippen LogP contribution < -0.4 is 5.32 Å². The number of nitrogens with one attached hydrogen (secondary N) is 1. The summed E-state index contributed by atoms with van der Waals surface area (Å²) in [5.41, 5.74) is 1.12. The fourth-order valence-corrected chi connectivity index (χ4v) is 4.68. The molecule has 0 spiro atoms. The van der Waals surface area contributed by atoms with Crippen molar-refractivity contribution in [3.05, 3.63) is 0 Å². The molecule has 2 saturated carbocycles. The van der Waals surface area contributed by atoms with Crippen LogP contribution in [0.2, 0.25) is 0 Å². The van der Waals surface area contributed by atoms with E-state index < -0.39 is 0 Å². The van der Waals surface area contributed by atoms with Gasteiger partial charge >= 0.3 is 0 Å². The predicted molar refractivity (Wildman–Crippen MR) is 79.6 cm³/mol. The Morgan fingerprint density at radius 1 is 1.06 bits per heavy atom. The standard InChI is InChI=1S/C17H33N/c1-16(2,3)13-9-7-12(8-10-13)15-14(11-18-6)17(15,4)5/h12-15,18H,7-11H2,1-6H3. The van der Waals surface area contributed by atoms with Crippen LogP contribution in [-0.4, -0.2) is 13.6 Å². The van der Waals surface area contributed by atoms with Crippen LogP contribution in [0, 0.1) is 34.5 Å². The summed E-state index contributed by atoms with van der Waals surface area (Å²) < 4.78 is 0. The minimum Gasteiger partial charge on any atom is -0.319 e. The van der Waals surface area contributed by atoms with Crippen molar-refractivity contribution in [1.82, 2.24) is 5.32 Å². The minimum atomic E-state index is 0.522. The van der Waals surface area contributed by atoms with Crippen molar-refractivity contribution in [3.8, 4) is 0 Å². The summed E-state index contributed by atoms with van der Waals surface area (Å²) in [5.74, 6) is 3.89. The highest BCUT2D eigenvalue weighted by molar-refractivity contribution is 5.08. The van der Waals surface area contributed by atoms with E-state index in [2.05, 4.69) is 47.0 Å². The Labute approximate surface area is 114 Å². The van der Waals surface area contributed by atoms with Crippen LogP contribution in [-0.2, 0) is 0 Å². The van der Waals surface area contributed by atoms with Gasteiger partial charge in [-0.05, 0) is 73.8 Å². The molecule has 2 unspecified atom stereocenters. The Kier molecular flexibility index (Phi) is 3.84. The zero-order valence-corrected chi connectivity index (χ0v) is 13.3. The van der Waals surface area contributed by atoms with Gasteiger partial charge in [0, 0.05) is 0 Å². The number of rotatable bonds is 3. The van der Waals surface area contributed by atoms with Crippen molar-refractivity contribution >= 4 is 0 Å². The fourth-order valence-electron chi connectivity index (χ4n) is 4.68. The molecule has 0 bridgehead atoms. The topological polar surface area (TPSA) is 12.0 Å². The Balaban J connectivity index is 1.88. The second-order valence-corrected chi connectivity index (χ2v) is 8.49.